The normalized spacial score (nSPS) is 13.0. The third-order valence-corrected chi connectivity index (χ3v) is 2.71. The van der Waals surface area contributed by atoms with Gasteiger partial charge in [0.15, 0.2) is 0 Å². The molecule has 1 unspecified atom stereocenters. The molecule has 0 aliphatic heterocycles. The van der Waals surface area contributed by atoms with Crippen molar-refractivity contribution in [2.75, 3.05) is 0 Å². The second-order valence-corrected chi connectivity index (χ2v) is 3.69. The van der Waals surface area contributed by atoms with Gasteiger partial charge in [-0.3, -0.25) is 0 Å². The molecule has 0 saturated heterocycles. The van der Waals surface area contributed by atoms with Gasteiger partial charge in [-0.1, -0.05) is 37.6 Å². The van der Waals surface area contributed by atoms with Crippen LogP contribution in [0.4, 0.5) is 0 Å². The number of aryl methyl sites for hydroxylation is 1. The molecule has 1 aromatic rings. The van der Waals surface area contributed by atoms with E-state index >= 15 is 0 Å². The lowest BCUT2D eigenvalue weighted by Crippen LogP contribution is -1.95. The first-order chi connectivity index (χ1) is 5.66. The monoisotopic (exact) mass is 182 g/mol. The molecule has 0 aromatic heterocycles. The molecule has 1 rings (SSSR count). The van der Waals surface area contributed by atoms with Crippen molar-refractivity contribution in [1.82, 2.24) is 0 Å². The fourth-order valence-corrected chi connectivity index (χ4v) is 1.88. The van der Waals surface area contributed by atoms with Gasteiger partial charge in [-0.25, -0.2) is 0 Å². The molecule has 0 N–H and O–H groups in total. The summed E-state index contributed by atoms with van der Waals surface area (Å²) < 4.78 is 0. The van der Waals surface area contributed by atoms with Crippen LogP contribution in [0.3, 0.4) is 0 Å². The molecule has 66 valence electrons. The highest BCUT2D eigenvalue weighted by atomic mass is 35.5. The van der Waals surface area contributed by atoms with E-state index in [-0.39, 0.29) is 0 Å². The summed E-state index contributed by atoms with van der Waals surface area (Å²) in [4.78, 5) is 0. The summed E-state index contributed by atoms with van der Waals surface area (Å²) in [7, 11) is 0. The smallest absolute Gasteiger partial charge is 0.0443 e. The molecule has 0 saturated carbocycles. The van der Waals surface area contributed by atoms with E-state index in [0.717, 1.165) is 11.4 Å². The lowest BCUT2D eigenvalue weighted by atomic mass is 9.94. The summed E-state index contributed by atoms with van der Waals surface area (Å²) in [5, 5.41) is 0.907. The van der Waals surface area contributed by atoms with Gasteiger partial charge in [0.25, 0.3) is 0 Å². The highest BCUT2D eigenvalue weighted by molar-refractivity contribution is 6.31. The van der Waals surface area contributed by atoms with Crippen LogP contribution in [0.15, 0.2) is 18.2 Å². The van der Waals surface area contributed by atoms with E-state index in [1.165, 1.54) is 11.1 Å². The Morgan fingerprint density at radius 2 is 2.08 bits per heavy atom. The summed E-state index contributed by atoms with van der Waals surface area (Å²) in [6.07, 6.45) is 1.14. The third-order valence-electron chi connectivity index (χ3n) is 2.38. The van der Waals surface area contributed by atoms with Gasteiger partial charge < -0.3 is 0 Å². The highest BCUT2D eigenvalue weighted by Gasteiger charge is 2.09. The number of hydrogen-bond acceptors (Lipinski definition) is 0. The average molecular weight is 183 g/mol. The fraction of sp³-hybridized carbons (Fsp3) is 0.455. The van der Waals surface area contributed by atoms with E-state index in [2.05, 4.69) is 26.8 Å². The maximum atomic E-state index is 6.10. The van der Waals surface area contributed by atoms with Crippen LogP contribution in [0.5, 0.6) is 0 Å². The van der Waals surface area contributed by atoms with Crippen molar-refractivity contribution in [1.29, 1.82) is 0 Å². The van der Waals surface area contributed by atoms with Crippen LogP contribution in [0.1, 0.15) is 37.3 Å². The molecule has 0 nitrogen and oxygen atoms in total. The summed E-state index contributed by atoms with van der Waals surface area (Å²) in [6.45, 7) is 6.52. The Balaban J connectivity index is 3.12. The van der Waals surface area contributed by atoms with E-state index in [9.17, 15) is 0 Å². The second kappa shape index (κ2) is 3.95. The van der Waals surface area contributed by atoms with Crippen LogP contribution < -0.4 is 0 Å². The standard InChI is InChI=1S/C11H15Cl/c1-4-8(2)11-9(3)6-5-7-10(11)12/h5-8H,4H2,1-3H3. The Morgan fingerprint density at radius 3 is 2.58 bits per heavy atom. The highest BCUT2D eigenvalue weighted by Crippen LogP contribution is 2.29. The number of halogens is 1. The zero-order valence-electron chi connectivity index (χ0n) is 7.89. The summed E-state index contributed by atoms with van der Waals surface area (Å²) in [6, 6.07) is 6.09. The van der Waals surface area contributed by atoms with Crippen molar-refractivity contribution in [2.45, 2.75) is 33.1 Å². The molecular formula is C11H15Cl. The van der Waals surface area contributed by atoms with Crippen molar-refractivity contribution in [3.8, 4) is 0 Å². The zero-order valence-corrected chi connectivity index (χ0v) is 8.65. The zero-order chi connectivity index (χ0) is 9.14. The van der Waals surface area contributed by atoms with Gasteiger partial charge >= 0.3 is 0 Å². The quantitative estimate of drug-likeness (QED) is 0.644. The van der Waals surface area contributed by atoms with Gasteiger partial charge in [-0.05, 0) is 36.5 Å². The summed E-state index contributed by atoms with van der Waals surface area (Å²) >= 11 is 6.10. The van der Waals surface area contributed by atoms with Crippen LogP contribution in [0, 0.1) is 6.92 Å². The van der Waals surface area contributed by atoms with Gasteiger partial charge in [-0.15, -0.1) is 0 Å². The molecule has 1 aromatic carbocycles. The first-order valence-corrected chi connectivity index (χ1v) is 4.79. The van der Waals surface area contributed by atoms with Crippen LogP contribution in [0.2, 0.25) is 5.02 Å². The Hall–Kier alpha value is -0.490. The predicted molar refractivity (Wildman–Crippen MR) is 54.9 cm³/mol. The average Bonchev–Trinajstić information content (AvgIpc) is 2.03. The first-order valence-electron chi connectivity index (χ1n) is 4.41. The van der Waals surface area contributed by atoms with Crippen molar-refractivity contribution in [3.63, 3.8) is 0 Å². The number of rotatable bonds is 2. The van der Waals surface area contributed by atoms with Gasteiger partial charge in [0.05, 0.1) is 0 Å². The lowest BCUT2D eigenvalue weighted by molar-refractivity contribution is 0.728. The molecule has 0 aliphatic carbocycles. The Labute approximate surface area is 79.6 Å². The first kappa shape index (κ1) is 9.60. The van der Waals surface area contributed by atoms with Gasteiger partial charge in [0, 0.05) is 5.02 Å². The molecule has 0 heterocycles. The van der Waals surface area contributed by atoms with Crippen LogP contribution in [-0.4, -0.2) is 0 Å². The molecule has 0 aliphatic rings. The molecule has 1 heteroatoms. The number of hydrogen-bond donors (Lipinski definition) is 0. The number of benzene rings is 1. The van der Waals surface area contributed by atoms with Crippen molar-refractivity contribution in [3.05, 3.63) is 34.3 Å². The van der Waals surface area contributed by atoms with Crippen molar-refractivity contribution < 1.29 is 0 Å². The van der Waals surface area contributed by atoms with E-state index < -0.39 is 0 Å². The molecule has 0 radical (unpaired) electrons. The predicted octanol–water partition coefficient (Wildman–Crippen LogP) is 4.16. The third kappa shape index (κ3) is 1.81. The SMILES string of the molecule is CCC(C)c1c(C)cccc1Cl. The van der Waals surface area contributed by atoms with Crippen molar-refractivity contribution in [2.24, 2.45) is 0 Å². The summed E-state index contributed by atoms with van der Waals surface area (Å²) in [5.74, 6) is 0.568. The molecule has 0 fully saturated rings. The van der Waals surface area contributed by atoms with E-state index in [0.29, 0.717) is 5.92 Å². The maximum absolute atomic E-state index is 6.10. The topological polar surface area (TPSA) is 0 Å². The largest absolute Gasteiger partial charge is 0.0840 e. The van der Waals surface area contributed by atoms with Crippen LogP contribution in [0.25, 0.3) is 0 Å². The molecule has 0 amide bonds. The second-order valence-electron chi connectivity index (χ2n) is 3.28. The molecule has 0 bridgehead atoms. The van der Waals surface area contributed by atoms with E-state index in [4.69, 9.17) is 11.6 Å². The van der Waals surface area contributed by atoms with E-state index in [1.54, 1.807) is 0 Å². The van der Waals surface area contributed by atoms with Gasteiger partial charge in [-0.2, -0.15) is 0 Å². The minimum Gasteiger partial charge on any atom is -0.0840 e. The van der Waals surface area contributed by atoms with Gasteiger partial charge in [0.1, 0.15) is 0 Å². The maximum Gasteiger partial charge on any atom is 0.0443 e. The molecule has 0 spiro atoms. The molecular weight excluding hydrogens is 168 g/mol. The molecule has 1 atom stereocenters. The van der Waals surface area contributed by atoms with E-state index in [1.807, 2.05) is 12.1 Å². The van der Waals surface area contributed by atoms with Crippen LogP contribution >= 0.6 is 11.6 Å². The molecule has 12 heavy (non-hydrogen) atoms. The van der Waals surface area contributed by atoms with Gasteiger partial charge in [0.2, 0.25) is 0 Å². The van der Waals surface area contributed by atoms with Crippen LogP contribution in [-0.2, 0) is 0 Å². The minimum absolute atomic E-state index is 0.568. The fourth-order valence-electron chi connectivity index (χ4n) is 1.47. The lowest BCUT2D eigenvalue weighted by Gasteiger charge is -2.13. The summed E-state index contributed by atoms with van der Waals surface area (Å²) in [5.41, 5.74) is 2.61. The van der Waals surface area contributed by atoms with Crippen molar-refractivity contribution >= 4 is 11.6 Å². The Bertz CT molecular complexity index is 245. The Kier molecular flexibility index (Phi) is 3.16. The minimum atomic E-state index is 0.568. The Morgan fingerprint density at radius 1 is 1.42 bits per heavy atom.